The second kappa shape index (κ2) is 5.75. The Labute approximate surface area is 123 Å². The van der Waals surface area contributed by atoms with Crippen molar-refractivity contribution in [3.8, 4) is 11.1 Å². The first-order chi connectivity index (χ1) is 9.46. The molecule has 1 N–H and O–H groups in total. The highest BCUT2D eigenvalue weighted by atomic mass is 35.5. The van der Waals surface area contributed by atoms with Crippen LogP contribution >= 0.6 is 11.6 Å². The van der Waals surface area contributed by atoms with E-state index < -0.39 is 6.61 Å². The molecule has 2 aromatic rings. The van der Waals surface area contributed by atoms with Crippen LogP contribution in [0.2, 0.25) is 5.02 Å². The average molecular weight is 291 g/mol. The number of aliphatic hydroxyl groups excluding tert-OH is 1. The molecule has 0 aliphatic carbocycles. The third kappa shape index (κ3) is 2.75. The first-order valence-electron chi connectivity index (χ1n) is 6.30. The molecule has 0 saturated heterocycles. The van der Waals surface area contributed by atoms with E-state index in [1.54, 1.807) is 14.1 Å². The zero-order valence-corrected chi connectivity index (χ0v) is 12.3. The molecule has 20 heavy (non-hydrogen) atoms. The molecule has 0 radical (unpaired) electrons. The van der Waals surface area contributed by atoms with Crippen LogP contribution in [-0.4, -0.2) is 31.7 Å². The molecule has 0 heterocycles. The van der Waals surface area contributed by atoms with Crippen molar-refractivity contribution in [1.82, 2.24) is 4.48 Å². The summed E-state index contributed by atoms with van der Waals surface area (Å²) in [6.45, 7) is -0.473. The average Bonchev–Trinajstić information content (AvgIpc) is 2.47. The number of carbonyl (C=O) groups excluding carboxylic acids is 1. The number of hydrogen-bond donors (Lipinski definition) is 1. The van der Waals surface area contributed by atoms with Crippen LogP contribution in [0.5, 0.6) is 0 Å². The Morgan fingerprint density at radius 3 is 2.25 bits per heavy atom. The van der Waals surface area contributed by atoms with Crippen LogP contribution in [0.1, 0.15) is 0 Å². The standard InChI is InChI=1S/C16H17ClNO2/c1-18(2,16(20)11-19)13-9-7-12(8-10-13)14-5-3-4-6-15(14)17/h3-10,19H,11H2,1-2H3/q+1. The highest BCUT2D eigenvalue weighted by Crippen LogP contribution is 2.30. The maximum absolute atomic E-state index is 11.7. The molecule has 0 bridgehead atoms. The van der Waals surface area contributed by atoms with Crippen LogP contribution in [0.3, 0.4) is 0 Å². The second-order valence-corrected chi connectivity index (χ2v) is 5.44. The topological polar surface area (TPSA) is 37.3 Å². The number of halogens is 1. The maximum atomic E-state index is 11.7. The van der Waals surface area contributed by atoms with Gasteiger partial charge in [-0.05, 0) is 23.8 Å². The van der Waals surface area contributed by atoms with Crippen molar-refractivity contribution in [3.05, 3.63) is 53.6 Å². The number of likely N-dealkylation sites (N-methyl/N-ethyl adjacent to an activating group) is 1. The first-order valence-corrected chi connectivity index (χ1v) is 6.68. The molecule has 0 aliphatic rings. The highest BCUT2D eigenvalue weighted by molar-refractivity contribution is 6.33. The van der Waals surface area contributed by atoms with E-state index >= 15 is 0 Å². The van der Waals surface area contributed by atoms with Gasteiger partial charge >= 0.3 is 5.91 Å². The minimum Gasteiger partial charge on any atom is -0.382 e. The Morgan fingerprint density at radius 2 is 1.70 bits per heavy atom. The molecule has 0 atom stereocenters. The normalized spacial score (nSPS) is 11.4. The summed E-state index contributed by atoms with van der Waals surface area (Å²) in [5, 5.41) is 9.71. The number of nitrogens with zero attached hydrogens (tertiary/aromatic N) is 1. The van der Waals surface area contributed by atoms with Crippen molar-refractivity contribution in [2.75, 3.05) is 20.7 Å². The predicted molar refractivity (Wildman–Crippen MR) is 82.6 cm³/mol. The van der Waals surface area contributed by atoms with Gasteiger partial charge in [0.25, 0.3) is 0 Å². The number of benzene rings is 2. The molecule has 2 aromatic carbocycles. The minimum atomic E-state index is -0.473. The molecule has 104 valence electrons. The summed E-state index contributed by atoms with van der Waals surface area (Å²) >= 11 is 6.17. The Balaban J connectivity index is 2.36. The van der Waals surface area contributed by atoms with E-state index in [0.29, 0.717) is 5.02 Å². The van der Waals surface area contributed by atoms with Crippen LogP contribution in [-0.2, 0) is 4.79 Å². The first kappa shape index (κ1) is 14.7. The van der Waals surface area contributed by atoms with E-state index in [2.05, 4.69) is 0 Å². The van der Waals surface area contributed by atoms with Crippen molar-refractivity contribution >= 4 is 23.2 Å². The van der Waals surface area contributed by atoms with Gasteiger partial charge in [0, 0.05) is 22.7 Å². The zero-order chi connectivity index (χ0) is 14.8. The summed E-state index contributed by atoms with van der Waals surface area (Å²) in [7, 11) is 3.51. The van der Waals surface area contributed by atoms with Gasteiger partial charge in [0.15, 0.2) is 6.61 Å². The van der Waals surface area contributed by atoms with Gasteiger partial charge < -0.3 is 5.11 Å². The molecule has 0 aliphatic heterocycles. The van der Waals surface area contributed by atoms with Crippen LogP contribution in [0.4, 0.5) is 5.69 Å². The van der Waals surface area contributed by atoms with Crippen molar-refractivity contribution in [2.45, 2.75) is 0 Å². The predicted octanol–water partition coefficient (Wildman–Crippen LogP) is 3.09. The molecule has 0 fully saturated rings. The lowest BCUT2D eigenvalue weighted by Gasteiger charge is -2.25. The van der Waals surface area contributed by atoms with Gasteiger partial charge in [0.1, 0.15) is 5.69 Å². The van der Waals surface area contributed by atoms with E-state index in [4.69, 9.17) is 16.7 Å². The fraction of sp³-hybridized carbons (Fsp3) is 0.188. The number of carbonyl (C=O) groups is 1. The monoisotopic (exact) mass is 290 g/mol. The largest absolute Gasteiger partial charge is 0.382 e. The molecule has 2 rings (SSSR count). The van der Waals surface area contributed by atoms with Crippen LogP contribution in [0.15, 0.2) is 48.5 Å². The molecule has 0 unspecified atom stereocenters. The Hall–Kier alpha value is -1.68. The molecular weight excluding hydrogens is 274 g/mol. The molecular formula is C16H17ClNO2+. The Kier molecular flexibility index (Phi) is 4.23. The molecule has 0 saturated carbocycles. The fourth-order valence-corrected chi connectivity index (χ4v) is 2.27. The van der Waals surface area contributed by atoms with E-state index in [9.17, 15) is 4.79 Å². The van der Waals surface area contributed by atoms with Gasteiger partial charge in [-0.25, -0.2) is 9.28 Å². The summed E-state index contributed by atoms with van der Waals surface area (Å²) in [5.41, 5.74) is 2.77. The second-order valence-electron chi connectivity index (χ2n) is 5.03. The number of aliphatic hydroxyl groups is 1. The van der Waals surface area contributed by atoms with E-state index in [1.807, 2.05) is 48.5 Å². The van der Waals surface area contributed by atoms with Crippen molar-refractivity contribution < 1.29 is 9.90 Å². The van der Waals surface area contributed by atoms with Gasteiger partial charge in [0.2, 0.25) is 0 Å². The molecule has 3 nitrogen and oxygen atoms in total. The van der Waals surface area contributed by atoms with Crippen molar-refractivity contribution in [1.29, 1.82) is 0 Å². The summed E-state index contributed by atoms with van der Waals surface area (Å²) in [6.07, 6.45) is 0. The van der Waals surface area contributed by atoms with Gasteiger partial charge in [-0.15, -0.1) is 0 Å². The number of quaternary nitrogens is 1. The quantitative estimate of drug-likeness (QED) is 0.882. The molecule has 1 amide bonds. The third-order valence-corrected chi connectivity index (χ3v) is 3.79. The zero-order valence-electron chi connectivity index (χ0n) is 11.5. The summed E-state index contributed by atoms with van der Waals surface area (Å²) in [5.74, 6) is -0.254. The van der Waals surface area contributed by atoms with Crippen molar-refractivity contribution in [2.24, 2.45) is 0 Å². The van der Waals surface area contributed by atoms with E-state index in [-0.39, 0.29) is 10.4 Å². The van der Waals surface area contributed by atoms with Crippen LogP contribution in [0.25, 0.3) is 11.1 Å². The number of hydrogen-bond acceptors (Lipinski definition) is 2. The highest BCUT2D eigenvalue weighted by Gasteiger charge is 2.28. The van der Waals surface area contributed by atoms with Gasteiger partial charge in [0.05, 0.1) is 14.1 Å². The number of rotatable bonds is 3. The van der Waals surface area contributed by atoms with Crippen molar-refractivity contribution in [3.63, 3.8) is 0 Å². The SMILES string of the molecule is C[N+](C)(C(=O)CO)c1ccc(-c2ccccc2Cl)cc1. The van der Waals surface area contributed by atoms with Crippen LogP contribution < -0.4 is 4.48 Å². The maximum Gasteiger partial charge on any atom is 0.343 e. The summed E-state index contributed by atoms with van der Waals surface area (Å²) < 4.78 is 0.0132. The lowest BCUT2D eigenvalue weighted by molar-refractivity contribution is -0.131. The fourth-order valence-electron chi connectivity index (χ4n) is 2.03. The lowest BCUT2D eigenvalue weighted by atomic mass is 10.0. The number of amides is 1. The van der Waals surface area contributed by atoms with Gasteiger partial charge in [-0.3, -0.25) is 0 Å². The van der Waals surface area contributed by atoms with E-state index in [1.165, 1.54) is 0 Å². The Morgan fingerprint density at radius 1 is 1.10 bits per heavy atom. The lowest BCUT2D eigenvalue weighted by Crippen LogP contribution is -2.48. The Bertz CT molecular complexity index is 621. The smallest absolute Gasteiger partial charge is 0.343 e. The van der Waals surface area contributed by atoms with E-state index in [0.717, 1.165) is 16.8 Å². The third-order valence-electron chi connectivity index (χ3n) is 3.46. The van der Waals surface area contributed by atoms with Gasteiger partial charge in [-0.1, -0.05) is 29.8 Å². The summed E-state index contributed by atoms with van der Waals surface area (Å²) in [6, 6.07) is 15.3. The molecule has 0 aromatic heterocycles. The molecule has 4 heteroatoms. The van der Waals surface area contributed by atoms with Gasteiger partial charge in [-0.2, -0.15) is 0 Å². The molecule has 0 spiro atoms. The van der Waals surface area contributed by atoms with Crippen LogP contribution in [0, 0.1) is 0 Å². The summed E-state index contributed by atoms with van der Waals surface area (Å²) in [4.78, 5) is 11.7. The minimum absolute atomic E-state index is 0.0132.